The Morgan fingerprint density at radius 1 is 1.37 bits per heavy atom. The summed E-state index contributed by atoms with van der Waals surface area (Å²) >= 11 is 3.44. The van der Waals surface area contributed by atoms with Crippen LogP contribution in [0, 0.1) is 12.3 Å². The quantitative estimate of drug-likeness (QED) is 0.903. The molecule has 0 radical (unpaired) electrons. The Bertz CT molecular complexity index is 437. The van der Waals surface area contributed by atoms with Gasteiger partial charge in [0.25, 0.3) is 5.91 Å². The fraction of sp³-hybridized carbons (Fsp3) is 0.533. The molecule has 1 rings (SSSR count). The van der Waals surface area contributed by atoms with E-state index >= 15 is 0 Å². The van der Waals surface area contributed by atoms with Gasteiger partial charge in [-0.25, -0.2) is 0 Å². The maximum atomic E-state index is 12.5. The maximum Gasteiger partial charge on any atom is 0.253 e. The van der Waals surface area contributed by atoms with Crippen LogP contribution in [0.5, 0.6) is 0 Å². The van der Waals surface area contributed by atoms with E-state index in [0.29, 0.717) is 19.6 Å². The molecule has 0 bridgehead atoms. The maximum absolute atomic E-state index is 12.5. The highest BCUT2D eigenvalue weighted by Gasteiger charge is 2.23. The van der Waals surface area contributed by atoms with Crippen LogP contribution in [0.25, 0.3) is 0 Å². The fourth-order valence-electron chi connectivity index (χ4n) is 1.95. The summed E-state index contributed by atoms with van der Waals surface area (Å²) in [6.45, 7) is 10.1. The Morgan fingerprint density at radius 3 is 2.47 bits per heavy atom. The lowest BCUT2D eigenvalue weighted by atomic mass is 9.93. The molecule has 0 aliphatic rings. The van der Waals surface area contributed by atoms with Crippen molar-refractivity contribution < 1.29 is 4.79 Å². The van der Waals surface area contributed by atoms with Crippen molar-refractivity contribution in [2.75, 3.05) is 19.6 Å². The molecule has 106 valence electrons. The molecule has 19 heavy (non-hydrogen) atoms. The van der Waals surface area contributed by atoms with Crippen LogP contribution < -0.4 is 5.73 Å². The molecule has 0 heterocycles. The van der Waals surface area contributed by atoms with Crippen LogP contribution in [-0.2, 0) is 0 Å². The average molecular weight is 327 g/mol. The van der Waals surface area contributed by atoms with Crippen LogP contribution in [0.2, 0.25) is 0 Å². The van der Waals surface area contributed by atoms with E-state index in [0.717, 1.165) is 15.6 Å². The zero-order valence-electron chi connectivity index (χ0n) is 12.2. The van der Waals surface area contributed by atoms with Gasteiger partial charge in [-0.15, -0.1) is 0 Å². The number of carbonyl (C=O) groups is 1. The lowest BCUT2D eigenvalue weighted by Gasteiger charge is -2.31. The van der Waals surface area contributed by atoms with E-state index in [1.807, 2.05) is 36.9 Å². The number of carbonyl (C=O) groups excluding carboxylic acids is 1. The molecule has 0 aliphatic heterocycles. The summed E-state index contributed by atoms with van der Waals surface area (Å²) in [6.07, 6.45) is 0. The zero-order chi connectivity index (χ0) is 14.6. The van der Waals surface area contributed by atoms with Crippen molar-refractivity contribution >= 4 is 21.8 Å². The van der Waals surface area contributed by atoms with Gasteiger partial charge in [-0.2, -0.15) is 0 Å². The largest absolute Gasteiger partial charge is 0.338 e. The van der Waals surface area contributed by atoms with Crippen molar-refractivity contribution in [3.05, 3.63) is 33.8 Å². The lowest BCUT2D eigenvalue weighted by Crippen LogP contribution is -2.42. The number of halogens is 1. The minimum absolute atomic E-state index is 0.0628. The van der Waals surface area contributed by atoms with E-state index in [2.05, 4.69) is 29.8 Å². The van der Waals surface area contributed by atoms with Gasteiger partial charge in [0.15, 0.2) is 0 Å². The second kappa shape index (κ2) is 6.53. The summed E-state index contributed by atoms with van der Waals surface area (Å²) in [5.74, 6) is 0.0634. The average Bonchev–Trinajstić information content (AvgIpc) is 2.34. The van der Waals surface area contributed by atoms with E-state index in [4.69, 9.17) is 5.73 Å². The highest BCUT2D eigenvalue weighted by molar-refractivity contribution is 9.10. The topological polar surface area (TPSA) is 46.3 Å². The van der Waals surface area contributed by atoms with Gasteiger partial charge in [0.1, 0.15) is 0 Å². The fourth-order valence-corrected chi connectivity index (χ4v) is 2.56. The normalized spacial score (nSPS) is 11.5. The Morgan fingerprint density at radius 2 is 2.00 bits per heavy atom. The number of rotatable bonds is 5. The van der Waals surface area contributed by atoms with Gasteiger partial charge < -0.3 is 10.6 Å². The Hall–Kier alpha value is -0.870. The highest BCUT2D eigenvalue weighted by atomic mass is 79.9. The van der Waals surface area contributed by atoms with Gasteiger partial charge in [-0.3, -0.25) is 4.79 Å². The van der Waals surface area contributed by atoms with Crippen molar-refractivity contribution in [1.82, 2.24) is 4.90 Å². The lowest BCUT2D eigenvalue weighted by molar-refractivity contribution is 0.0700. The minimum atomic E-state index is -0.0628. The molecule has 1 aromatic rings. The zero-order valence-corrected chi connectivity index (χ0v) is 13.8. The smallest absolute Gasteiger partial charge is 0.253 e. The van der Waals surface area contributed by atoms with Gasteiger partial charge >= 0.3 is 0 Å². The molecule has 1 aromatic carbocycles. The molecule has 0 unspecified atom stereocenters. The molecule has 0 aromatic heterocycles. The van der Waals surface area contributed by atoms with Crippen molar-refractivity contribution in [2.24, 2.45) is 11.1 Å². The summed E-state index contributed by atoms with van der Waals surface area (Å²) in [5.41, 5.74) is 7.49. The number of amides is 1. The molecule has 0 aliphatic carbocycles. The van der Waals surface area contributed by atoms with Gasteiger partial charge in [-0.05, 0) is 49.6 Å². The first-order valence-electron chi connectivity index (χ1n) is 6.55. The molecule has 3 nitrogen and oxygen atoms in total. The van der Waals surface area contributed by atoms with Crippen molar-refractivity contribution in [3.8, 4) is 0 Å². The summed E-state index contributed by atoms with van der Waals surface area (Å²) in [4.78, 5) is 14.4. The molecule has 0 fully saturated rings. The first-order valence-corrected chi connectivity index (χ1v) is 7.35. The number of aryl methyl sites for hydroxylation is 1. The summed E-state index contributed by atoms with van der Waals surface area (Å²) in [5, 5.41) is 0. The molecule has 0 atom stereocenters. The molecule has 2 N–H and O–H groups in total. The first kappa shape index (κ1) is 16.2. The Labute approximate surface area is 124 Å². The van der Waals surface area contributed by atoms with E-state index < -0.39 is 0 Å². The molecule has 0 saturated heterocycles. The number of benzene rings is 1. The molecule has 1 amide bonds. The van der Waals surface area contributed by atoms with Crippen LogP contribution in [-0.4, -0.2) is 30.4 Å². The minimum Gasteiger partial charge on any atom is -0.338 e. The van der Waals surface area contributed by atoms with Crippen molar-refractivity contribution in [1.29, 1.82) is 0 Å². The van der Waals surface area contributed by atoms with Crippen LogP contribution in [0.1, 0.15) is 36.7 Å². The van der Waals surface area contributed by atoms with Gasteiger partial charge in [-0.1, -0.05) is 29.8 Å². The molecule has 0 spiro atoms. The van der Waals surface area contributed by atoms with Crippen molar-refractivity contribution in [3.63, 3.8) is 0 Å². The number of hydrogen-bond donors (Lipinski definition) is 1. The first-order chi connectivity index (χ1) is 8.79. The van der Waals surface area contributed by atoms with Crippen LogP contribution in [0.4, 0.5) is 0 Å². The van der Waals surface area contributed by atoms with Crippen LogP contribution in [0.3, 0.4) is 0 Å². The highest BCUT2D eigenvalue weighted by Crippen LogP contribution is 2.20. The molecule has 4 heteroatoms. The van der Waals surface area contributed by atoms with Crippen LogP contribution in [0.15, 0.2) is 22.7 Å². The third-order valence-electron chi connectivity index (χ3n) is 3.13. The van der Waals surface area contributed by atoms with Gasteiger partial charge in [0.2, 0.25) is 0 Å². The third-order valence-corrected chi connectivity index (χ3v) is 3.59. The summed E-state index contributed by atoms with van der Waals surface area (Å²) in [7, 11) is 0. The third kappa shape index (κ3) is 4.62. The SMILES string of the molecule is CCN(CC(C)(C)CN)C(=O)c1cc(C)cc(Br)c1. The number of nitrogens with zero attached hydrogens (tertiary/aromatic N) is 1. The molecular formula is C15H23BrN2O. The molecular weight excluding hydrogens is 304 g/mol. The van der Waals surface area contributed by atoms with E-state index in [9.17, 15) is 4.79 Å². The van der Waals surface area contributed by atoms with Gasteiger partial charge in [0.05, 0.1) is 0 Å². The number of hydrogen-bond acceptors (Lipinski definition) is 2. The summed E-state index contributed by atoms with van der Waals surface area (Å²) in [6, 6.07) is 5.79. The second-order valence-electron chi connectivity index (χ2n) is 5.70. The Kier molecular flexibility index (Phi) is 5.56. The standard InChI is InChI=1S/C15H23BrN2O/c1-5-18(10-15(3,4)9-17)14(19)12-6-11(2)7-13(16)8-12/h6-8H,5,9-10,17H2,1-4H3. The van der Waals surface area contributed by atoms with Crippen LogP contribution >= 0.6 is 15.9 Å². The van der Waals surface area contributed by atoms with Gasteiger partial charge in [0, 0.05) is 23.1 Å². The second-order valence-corrected chi connectivity index (χ2v) is 6.62. The van der Waals surface area contributed by atoms with Crippen molar-refractivity contribution in [2.45, 2.75) is 27.7 Å². The van der Waals surface area contributed by atoms with E-state index in [-0.39, 0.29) is 11.3 Å². The van der Waals surface area contributed by atoms with E-state index in [1.54, 1.807) is 0 Å². The monoisotopic (exact) mass is 326 g/mol. The number of nitrogens with two attached hydrogens (primary N) is 1. The van der Waals surface area contributed by atoms with E-state index in [1.165, 1.54) is 0 Å². The predicted octanol–water partition coefficient (Wildman–Crippen LogP) is 3.20. The summed E-state index contributed by atoms with van der Waals surface area (Å²) < 4.78 is 0.935. The Balaban J connectivity index is 2.95. The predicted molar refractivity (Wildman–Crippen MR) is 83.3 cm³/mol. The molecule has 0 saturated carbocycles.